The molecule has 7 nitrogen and oxygen atoms in total. The van der Waals surface area contributed by atoms with Crippen molar-refractivity contribution in [3.05, 3.63) is 46.8 Å². The number of ether oxygens (including phenoxy) is 1. The first-order valence-corrected chi connectivity index (χ1v) is 12.2. The maximum Gasteiger partial charge on any atom is 0.246 e. The molecule has 31 heavy (non-hydrogen) atoms. The number of hydrogen-bond donors (Lipinski definition) is 0. The van der Waals surface area contributed by atoms with Gasteiger partial charge in [-0.1, -0.05) is 6.07 Å². The quantitative estimate of drug-likeness (QED) is 0.613. The lowest BCUT2D eigenvalue weighted by Crippen LogP contribution is -2.49. The SMILES string of the molecule is COc1ccc(C)cc1S(=O)(=O)N1CCN(CC(=O)c2cc(C)n(C3CC3)c2C)CC1. The molecule has 1 aliphatic heterocycles. The maximum atomic E-state index is 13.2. The van der Waals surface area contributed by atoms with E-state index in [1.54, 1.807) is 12.1 Å². The second-order valence-electron chi connectivity index (χ2n) is 8.64. The van der Waals surface area contributed by atoms with E-state index >= 15 is 0 Å². The van der Waals surface area contributed by atoms with Gasteiger partial charge in [0.05, 0.1) is 13.7 Å². The highest BCUT2D eigenvalue weighted by Gasteiger charge is 2.32. The van der Waals surface area contributed by atoms with Crippen LogP contribution in [0.5, 0.6) is 5.75 Å². The van der Waals surface area contributed by atoms with E-state index in [1.165, 1.54) is 24.3 Å². The van der Waals surface area contributed by atoms with E-state index < -0.39 is 10.0 Å². The van der Waals surface area contributed by atoms with Crippen molar-refractivity contribution in [3.63, 3.8) is 0 Å². The zero-order chi connectivity index (χ0) is 22.3. The van der Waals surface area contributed by atoms with Crippen LogP contribution in [0.3, 0.4) is 0 Å². The number of hydrogen-bond acceptors (Lipinski definition) is 5. The zero-order valence-corrected chi connectivity index (χ0v) is 19.5. The number of nitrogens with zero attached hydrogens (tertiary/aromatic N) is 3. The summed E-state index contributed by atoms with van der Waals surface area (Å²) in [7, 11) is -2.17. The van der Waals surface area contributed by atoms with Crippen LogP contribution < -0.4 is 4.74 Å². The van der Waals surface area contributed by atoms with Crippen molar-refractivity contribution < 1.29 is 17.9 Å². The Kier molecular flexibility index (Phi) is 5.98. The van der Waals surface area contributed by atoms with Gasteiger partial charge in [-0.15, -0.1) is 0 Å². The van der Waals surface area contributed by atoms with Crippen LogP contribution in [0.25, 0.3) is 0 Å². The number of rotatable bonds is 7. The highest BCUT2D eigenvalue weighted by Crippen LogP contribution is 2.38. The van der Waals surface area contributed by atoms with Crippen LogP contribution in [-0.2, 0) is 10.0 Å². The van der Waals surface area contributed by atoms with Crippen molar-refractivity contribution in [1.82, 2.24) is 13.8 Å². The van der Waals surface area contributed by atoms with Crippen molar-refractivity contribution in [2.24, 2.45) is 0 Å². The van der Waals surface area contributed by atoms with Gasteiger partial charge in [0, 0.05) is 49.2 Å². The standard InChI is InChI=1S/C23H31N3O4S/c1-16-5-8-22(30-4)23(13-16)31(28,29)25-11-9-24(10-12-25)15-21(27)20-14-17(2)26(18(20)3)19-6-7-19/h5,8,13-14,19H,6-7,9-12,15H2,1-4H3. The van der Waals surface area contributed by atoms with Crippen molar-refractivity contribution in [3.8, 4) is 5.75 Å². The molecule has 1 aliphatic carbocycles. The van der Waals surface area contributed by atoms with E-state index in [0.717, 1.165) is 22.5 Å². The van der Waals surface area contributed by atoms with Crippen LogP contribution in [0.1, 0.15) is 46.2 Å². The van der Waals surface area contributed by atoms with E-state index in [2.05, 4.69) is 11.5 Å². The molecule has 2 fully saturated rings. The summed E-state index contributed by atoms with van der Waals surface area (Å²) < 4.78 is 35.4. The minimum absolute atomic E-state index is 0.108. The fourth-order valence-corrected chi connectivity index (χ4v) is 6.16. The van der Waals surface area contributed by atoms with Crippen molar-refractivity contribution in [2.45, 2.75) is 44.6 Å². The molecule has 2 aliphatic rings. The number of carbonyl (C=O) groups is 1. The van der Waals surface area contributed by atoms with Gasteiger partial charge in [-0.2, -0.15) is 4.31 Å². The Labute approximate surface area is 184 Å². The summed E-state index contributed by atoms with van der Waals surface area (Å²) in [5.74, 6) is 0.464. The molecule has 1 saturated heterocycles. The van der Waals surface area contributed by atoms with Gasteiger partial charge < -0.3 is 9.30 Å². The third-order valence-corrected chi connectivity index (χ3v) is 8.25. The molecule has 2 heterocycles. The predicted molar refractivity (Wildman–Crippen MR) is 119 cm³/mol. The smallest absolute Gasteiger partial charge is 0.246 e. The van der Waals surface area contributed by atoms with Crippen LogP contribution >= 0.6 is 0 Å². The molecular weight excluding hydrogens is 414 g/mol. The van der Waals surface area contributed by atoms with E-state index in [9.17, 15) is 13.2 Å². The van der Waals surface area contributed by atoms with Gasteiger partial charge in [-0.25, -0.2) is 8.42 Å². The molecular formula is C23H31N3O4S. The Morgan fingerprint density at radius 1 is 1.06 bits per heavy atom. The number of piperazine rings is 1. The lowest BCUT2D eigenvalue weighted by Gasteiger charge is -2.33. The fourth-order valence-electron chi connectivity index (χ4n) is 4.49. The Morgan fingerprint density at radius 2 is 1.74 bits per heavy atom. The average molecular weight is 446 g/mol. The maximum absolute atomic E-state index is 13.2. The molecule has 0 bridgehead atoms. The Balaban J connectivity index is 1.42. The summed E-state index contributed by atoms with van der Waals surface area (Å²) in [4.78, 5) is 15.2. The molecule has 2 aromatic rings. The number of sulfonamides is 1. The topological polar surface area (TPSA) is 71.9 Å². The molecule has 0 N–H and O–H groups in total. The Hall–Kier alpha value is -2.16. The summed E-state index contributed by atoms with van der Waals surface area (Å²) in [5, 5.41) is 0. The molecule has 0 unspecified atom stereocenters. The van der Waals surface area contributed by atoms with E-state index in [4.69, 9.17) is 4.74 Å². The van der Waals surface area contributed by atoms with Gasteiger partial charge in [0.2, 0.25) is 10.0 Å². The minimum Gasteiger partial charge on any atom is -0.495 e. The third kappa shape index (κ3) is 4.29. The highest BCUT2D eigenvalue weighted by atomic mass is 32.2. The molecule has 1 aromatic heterocycles. The zero-order valence-electron chi connectivity index (χ0n) is 18.7. The lowest BCUT2D eigenvalue weighted by molar-refractivity contribution is 0.0901. The molecule has 0 atom stereocenters. The van der Waals surface area contributed by atoms with Crippen LogP contribution in [0, 0.1) is 20.8 Å². The van der Waals surface area contributed by atoms with Crippen LogP contribution in [0.15, 0.2) is 29.2 Å². The molecule has 1 saturated carbocycles. The number of carbonyl (C=O) groups excluding carboxylic acids is 1. The number of Topliss-reactive ketones (excluding diaryl/α,β-unsaturated/α-hetero) is 1. The van der Waals surface area contributed by atoms with Gasteiger partial charge in [-0.3, -0.25) is 9.69 Å². The Bertz CT molecular complexity index is 1090. The van der Waals surface area contributed by atoms with Crippen molar-refractivity contribution >= 4 is 15.8 Å². The van der Waals surface area contributed by atoms with Crippen molar-refractivity contribution in [1.29, 1.82) is 0 Å². The largest absolute Gasteiger partial charge is 0.495 e. The van der Waals surface area contributed by atoms with Gasteiger partial charge in [0.1, 0.15) is 10.6 Å². The summed E-state index contributed by atoms with van der Waals surface area (Å²) in [6.45, 7) is 8.03. The first-order valence-electron chi connectivity index (χ1n) is 10.8. The average Bonchev–Trinajstić information content (AvgIpc) is 3.52. The second kappa shape index (κ2) is 8.41. The molecule has 4 rings (SSSR count). The lowest BCUT2D eigenvalue weighted by atomic mass is 10.1. The summed E-state index contributed by atoms with van der Waals surface area (Å²) in [6, 6.07) is 7.73. The Morgan fingerprint density at radius 3 is 2.35 bits per heavy atom. The van der Waals surface area contributed by atoms with E-state index in [1.807, 2.05) is 30.9 Å². The molecule has 8 heteroatoms. The molecule has 0 spiro atoms. The molecule has 168 valence electrons. The number of aromatic nitrogens is 1. The van der Waals surface area contributed by atoms with E-state index in [-0.39, 0.29) is 10.7 Å². The first kappa shape index (κ1) is 22.0. The second-order valence-corrected chi connectivity index (χ2v) is 10.6. The molecule has 0 radical (unpaired) electrons. The van der Waals surface area contributed by atoms with E-state index in [0.29, 0.717) is 44.5 Å². The molecule has 0 amide bonds. The van der Waals surface area contributed by atoms with Crippen LogP contribution in [0.2, 0.25) is 0 Å². The number of aryl methyl sites for hydroxylation is 2. The summed E-state index contributed by atoms with van der Waals surface area (Å²) >= 11 is 0. The van der Waals surface area contributed by atoms with Gasteiger partial charge in [-0.05, 0) is 57.4 Å². The fraction of sp³-hybridized carbons (Fsp3) is 0.522. The van der Waals surface area contributed by atoms with Crippen molar-refractivity contribution in [2.75, 3.05) is 39.8 Å². The normalized spacial score (nSPS) is 18.3. The summed E-state index contributed by atoms with van der Waals surface area (Å²) in [5.41, 5.74) is 3.86. The van der Waals surface area contributed by atoms with Gasteiger partial charge in [0.15, 0.2) is 5.78 Å². The molecule has 1 aromatic carbocycles. The number of benzene rings is 1. The van der Waals surface area contributed by atoms with Crippen LogP contribution in [-0.4, -0.2) is 67.8 Å². The summed E-state index contributed by atoms with van der Waals surface area (Å²) in [6.07, 6.45) is 2.37. The van der Waals surface area contributed by atoms with Crippen LogP contribution in [0.4, 0.5) is 0 Å². The first-order chi connectivity index (χ1) is 14.7. The van der Waals surface area contributed by atoms with Gasteiger partial charge >= 0.3 is 0 Å². The van der Waals surface area contributed by atoms with Gasteiger partial charge in [0.25, 0.3) is 0 Å². The number of methoxy groups -OCH3 is 1. The number of ketones is 1. The minimum atomic E-state index is -3.65. The predicted octanol–water partition coefficient (Wildman–Crippen LogP) is 2.95. The highest BCUT2D eigenvalue weighted by molar-refractivity contribution is 7.89. The third-order valence-electron chi connectivity index (χ3n) is 6.33. The monoisotopic (exact) mass is 445 g/mol.